The number of aliphatic carboxylic acids is 1. The molecular weight excluding hydrogens is 238 g/mol. The van der Waals surface area contributed by atoms with Crippen LogP contribution in [0.15, 0.2) is 0 Å². The summed E-state index contributed by atoms with van der Waals surface area (Å²) >= 11 is 0. The molecule has 1 fully saturated rings. The summed E-state index contributed by atoms with van der Waals surface area (Å²) in [4.78, 5) is 32.9. The number of carboxylic acid groups (broad SMARTS) is 1. The second-order valence-corrected chi connectivity index (χ2v) is 4.68. The molecule has 1 atom stereocenters. The number of carbonyl (C=O) groups is 3. The van der Waals surface area contributed by atoms with Gasteiger partial charge in [0.2, 0.25) is 5.91 Å². The van der Waals surface area contributed by atoms with Gasteiger partial charge in [-0.05, 0) is 19.8 Å². The average molecular weight is 259 g/mol. The summed E-state index contributed by atoms with van der Waals surface area (Å²) in [5.74, 6) is -1.12. The van der Waals surface area contributed by atoms with E-state index in [9.17, 15) is 14.4 Å². The molecule has 1 aliphatic heterocycles. The topological polar surface area (TPSA) is 113 Å². The number of urea groups is 1. The summed E-state index contributed by atoms with van der Waals surface area (Å²) in [5.41, 5.74) is 5.16. The van der Waals surface area contributed by atoms with Crippen molar-refractivity contribution >= 4 is 17.9 Å². The van der Waals surface area contributed by atoms with Crippen LogP contribution in [0.5, 0.6) is 0 Å². The summed E-state index contributed by atoms with van der Waals surface area (Å²) in [6.07, 6.45) is 0. The number of imide groups is 1. The van der Waals surface area contributed by atoms with Crippen LogP contribution >= 0.6 is 0 Å². The Labute approximate surface area is 106 Å². The van der Waals surface area contributed by atoms with E-state index in [2.05, 4.69) is 5.32 Å². The summed E-state index contributed by atoms with van der Waals surface area (Å²) in [7, 11) is 0. The zero-order chi connectivity index (χ0) is 14.5. The van der Waals surface area contributed by atoms with Crippen molar-refractivity contribution in [3.05, 3.63) is 0 Å². The molecule has 1 saturated heterocycles. The van der Waals surface area contributed by atoms with Crippen LogP contribution in [0.25, 0.3) is 0 Å². The van der Waals surface area contributed by atoms with Gasteiger partial charge in [0.25, 0.3) is 0 Å². The van der Waals surface area contributed by atoms with E-state index in [0.717, 1.165) is 0 Å². The van der Waals surface area contributed by atoms with Crippen LogP contribution in [0.1, 0.15) is 27.7 Å². The first-order valence-corrected chi connectivity index (χ1v) is 5.75. The fourth-order valence-corrected chi connectivity index (χ4v) is 1.16. The van der Waals surface area contributed by atoms with Gasteiger partial charge in [-0.3, -0.25) is 14.9 Å². The Morgan fingerprint density at radius 1 is 1.33 bits per heavy atom. The lowest BCUT2D eigenvalue weighted by atomic mass is 10.1. The minimum absolute atomic E-state index is 0.0208. The predicted molar refractivity (Wildman–Crippen MR) is 65.8 cm³/mol. The fraction of sp³-hybridized carbons (Fsp3) is 0.727. The van der Waals surface area contributed by atoms with Crippen LogP contribution in [-0.2, 0) is 9.59 Å². The van der Waals surface area contributed by atoms with Gasteiger partial charge in [-0.1, -0.05) is 13.8 Å². The van der Waals surface area contributed by atoms with Crippen molar-refractivity contribution < 1.29 is 19.5 Å². The molecule has 0 unspecified atom stereocenters. The van der Waals surface area contributed by atoms with Gasteiger partial charge in [-0.25, -0.2) is 4.79 Å². The van der Waals surface area contributed by atoms with E-state index in [0.29, 0.717) is 0 Å². The second kappa shape index (κ2) is 6.95. The molecule has 0 aromatic heterocycles. The monoisotopic (exact) mass is 259 g/mol. The molecule has 0 aliphatic carbocycles. The Morgan fingerprint density at radius 3 is 1.94 bits per heavy atom. The first kappa shape index (κ1) is 16.4. The fourth-order valence-electron chi connectivity index (χ4n) is 1.16. The lowest BCUT2D eigenvalue weighted by Gasteiger charge is -2.16. The molecule has 0 aromatic rings. The number of nitrogens with two attached hydrogens (primary N) is 1. The normalized spacial score (nSPS) is 16.5. The van der Waals surface area contributed by atoms with E-state index in [-0.39, 0.29) is 30.4 Å². The molecule has 1 rings (SSSR count). The molecule has 0 saturated carbocycles. The van der Waals surface area contributed by atoms with Crippen LogP contribution in [0.4, 0.5) is 4.79 Å². The number of hydrogen-bond acceptors (Lipinski definition) is 4. The third-order valence-electron chi connectivity index (χ3n) is 2.45. The van der Waals surface area contributed by atoms with Gasteiger partial charge in [0, 0.05) is 6.04 Å². The zero-order valence-corrected chi connectivity index (χ0v) is 11.1. The lowest BCUT2D eigenvalue weighted by Crippen LogP contribution is -2.34. The highest BCUT2D eigenvalue weighted by atomic mass is 16.4. The number of nitrogens with one attached hydrogen (secondary N) is 1. The predicted octanol–water partition coefficient (Wildman–Crippen LogP) is 0.000900. The van der Waals surface area contributed by atoms with Crippen molar-refractivity contribution in [2.75, 3.05) is 6.54 Å². The Bertz CT molecular complexity index is 328. The van der Waals surface area contributed by atoms with Crippen molar-refractivity contribution in [2.45, 2.75) is 39.8 Å². The van der Waals surface area contributed by atoms with E-state index in [1.54, 1.807) is 13.8 Å². The van der Waals surface area contributed by atoms with E-state index in [4.69, 9.17) is 10.8 Å². The van der Waals surface area contributed by atoms with Gasteiger partial charge in [-0.15, -0.1) is 0 Å². The number of amides is 3. The zero-order valence-electron chi connectivity index (χ0n) is 11.1. The largest absolute Gasteiger partial charge is 0.480 e. The van der Waals surface area contributed by atoms with E-state index >= 15 is 0 Å². The van der Waals surface area contributed by atoms with Crippen LogP contribution in [0.2, 0.25) is 0 Å². The molecular formula is C11H21N3O4. The standard InChI is InChI=1S/C6H10N2O2.C5H11NO2/c1-4(2)8-3-5(9)7-6(8)10;1-3(2)4(6)5(7)8/h4H,3H2,1-2H3,(H,7,9,10);3-4H,6H2,1-2H3,(H,7,8)/t;4-/m.0/s1. The SMILES string of the molecule is CC(C)N1CC(=O)NC1=O.CC(C)[C@H](N)C(=O)O. The number of carboxylic acids is 1. The van der Waals surface area contributed by atoms with Crippen LogP contribution < -0.4 is 11.1 Å². The molecule has 1 heterocycles. The molecule has 104 valence electrons. The van der Waals surface area contributed by atoms with Gasteiger partial charge < -0.3 is 15.7 Å². The maximum atomic E-state index is 10.8. The first-order chi connectivity index (χ1) is 8.16. The second-order valence-electron chi connectivity index (χ2n) is 4.68. The van der Waals surface area contributed by atoms with Crippen molar-refractivity contribution in [2.24, 2.45) is 11.7 Å². The molecule has 18 heavy (non-hydrogen) atoms. The first-order valence-electron chi connectivity index (χ1n) is 5.75. The Balaban J connectivity index is 0.000000331. The summed E-state index contributed by atoms with van der Waals surface area (Å²) in [6, 6.07) is -0.888. The van der Waals surface area contributed by atoms with Crippen molar-refractivity contribution in [3.63, 3.8) is 0 Å². The van der Waals surface area contributed by atoms with Gasteiger partial charge in [-0.2, -0.15) is 0 Å². The van der Waals surface area contributed by atoms with E-state index < -0.39 is 12.0 Å². The lowest BCUT2D eigenvalue weighted by molar-refractivity contribution is -0.139. The van der Waals surface area contributed by atoms with Gasteiger partial charge in [0.05, 0.1) is 0 Å². The molecule has 3 amide bonds. The average Bonchev–Trinajstić information content (AvgIpc) is 2.57. The van der Waals surface area contributed by atoms with E-state index in [1.165, 1.54) is 4.90 Å². The molecule has 7 nitrogen and oxygen atoms in total. The highest BCUT2D eigenvalue weighted by Crippen LogP contribution is 2.02. The van der Waals surface area contributed by atoms with Gasteiger partial charge in [0.1, 0.15) is 12.6 Å². The highest BCUT2D eigenvalue weighted by molar-refractivity contribution is 6.01. The van der Waals surface area contributed by atoms with Gasteiger partial charge in [0.15, 0.2) is 0 Å². The van der Waals surface area contributed by atoms with Crippen LogP contribution in [-0.4, -0.2) is 46.5 Å². The minimum Gasteiger partial charge on any atom is -0.480 e. The number of nitrogens with zero attached hydrogens (tertiary/aromatic N) is 1. The Morgan fingerprint density at radius 2 is 1.83 bits per heavy atom. The maximum Gasteiger partial charge on any atom is 0.324 e. The van der Waals surface area contributed by atoms with E-state index in [1.807, 2.05) is 13.8 Å². The third-order valence-corrected chi connectivity index (χ3v) is 2.45. The molecule has 7 heteroatoms. The maximum absolute atomic E-state index is 10.8. The van der Waals surface area contributed by atoms with Crippen molar-refractivity contribution in [3.8, 4) is 0 Å². The Kier molecular flexibility index (Phi) is 6.32. The Hall–Kier alpha value is -1.63. The summed E-state index contributed by atoms with van der Waals surface area (Å²) < 4.78 is 0. The number of rotatable bonds is 3. The molecule has 4 N–H and O–H groups in total. The summed E-state index contributed by atoms with van der Waals surface area (Å²) in [6.45, 7) is 7.50. The van der Waals surface area contributed by atoms with Crippen LogP contribution in [0, 0.1) is 5.92 Å². The smallest absolute Gasteiger partial charge is 0.324 e. The number of hydrogen-bond donors (Lipinski definition) is 3. The van der Waals surface area contributed by atoms with Gasteiger partial charge >= 0.3 is 12.0 Å². The molecule has 0 radical (unpaired) electrons. The third kappa shape index (κ3) is 5.13. The van der Waals surface area contributed by atoms with Crippen LogP contribution in [0.3, 0.4) is 0 Å². The highest BCUT2D eigenvalue weighted by Gasteiger charge is 2.28. The number of carbonyl (C=O) groups excluding carboxylic acids is 2. The van der Waals surface area contributed by atoms with Crippen molar-refractivity contribution in [1.82, 2.24) is 10.2 Å². The minimum atomic E-state index is -0.931. The molecule has 1 aliphatic rings. The molecule has 0 aromatic carbocycles. The summed E-state index contributed by atoms with van der Waals surface area (Å²) in [5, 5.41) is 10.4. The van der Waals surface area contributed by atoms with Crippen molar-refractivity contribution in [1.29, 1.82) is 0 Å². The quantitative estimate of drug-likeness (QED) is 0.617. The molecule has 0 spiro atoms. The molecule has 0 bridgehead atoms.